The van der Waals surface area contributed by atoms with Crippen molar-refractivity contribution in [3.05, 3.63) is 53.3 Å². The Morgan fingerprint density at radius 1 is 1.11 bits per heavy atom. The van der Waals surface area contributed by atoms with Crippen molar-refractivity contribution < 1.29 is 4.42 Å². The fourth-order valence-corrected chi connectivity index (χ4v) is 1.95. The second-order valence-electron chi connectivity index (χ2n) is 4.11. The van der Waals surface area contributed by atoms with Crippen LogP contribution in [0.15, 0.2) is 47.1 Å². The number of nitrogens with zero attached hydrogens (tertiary/aromatic N) is 3. The summed E-state index contributed by atoms with van der Waals surface area (Å²) in [6.45, 7) is 1.97. The standard InChI is InChI=1S/C14H10ClN3O/c1-9-5-6-16-8-12(9)14-18-17-13(19-14)10-3-2-4-11(15)7-10/h2-8H,1H3. The third-order valence-electron chi connectivity index (χ3n) is 2.77. The molecule has 0 unspecified atom stereocenters. The average Bonchev–Trinajstić information content (AvgIpc) is 2.89. The quantitative estimate of drug-likeness (QED) is 0.712. The molecule has 19 heavy (non-hydrogen) atoms. The van der Waals surface area contributed by atoms with Crippen LogP contribution in [0.25, 0.3) is 22.9 Å². The number of hydrogen-bond donors (Lipinski definition) is 0. The Balaban J connectivity index is 2.03. The van der Waals surface area contributed by atoms with Crippen molar-refractivity contribution in [1.29, 1.82) is 0 Å². The zero-order valence-electron chi connectivity index (χ0n) is 10.2. The number of rotatable bonds is 2. The molecular weight excluding hydrogens is 262 g/mol. The van der Waals surface area contributed by atoms with Gasteiger partial charge in [0.2, 0.25) is 11.8 Å². The van der Waals surface area contributed by atoms with Crippen molar-refractivity contribution in [2.24, 2.45) is 0 Å². The smallest absolute Gasteiger partial charge is 0.249 e. The molecule has 0 amide bonds. The van der Waals surface area contributed by atoms with E-state index in [0.717, 1.165) is 16.7 Å². The second kappa shape index (κ2) is 4.82. The van der Waals surface area contributed by atoms with Gasteiger partial charge in [-0.1, -0.05) is 17.7 Å². The van der Waals surface area contributed by atoms with Crippen LogP contribution in [0.2, 0.25) is 5.02 Å². The number of halogens is 1. The number of aromatic nitrogens is 3. The van der Waals surface area contributed by atoms with Gasteiger partial charge in [0.1, 0.15) is 0 Å². The topological polar surface area (TPSA) is 51.8 Å². The lowest BCUT2D eigenvalue weighted by Crippen LogP contribution is -1.84. The van der Waals surface area contributed by atoms with Gasteiger partial charge in [0, 0.05) is 23.0 Å². The van der Waals surface area contributed by atoms with Crippen LogP contribution in [0.5, 0.6) is 0 Å². The summed E-state index contributed by atoms with van der Waals surface area (Å²) in [5.74, 6) is 0.904. The van der Waals surface area contributed by atoms with Crippen LogP contribution in [-0.2, 0) is 0 Å². The van der Waals surface area contributed by atoms with E-state index in [1.54, 1.807) is 24.5 Å². The molecule has 0 aliphatic carbocycles. The van der Waals surface area contributed by atoms with Crippen LogP contribution in [0.1, 0.15) is 5.56 Å². The van der Waals surface area contributed by atoms with E-state index in [2.05, 4.69) is 15.2 Å². The van der Waals surface area contributed by atoms with Crippen molar-refractivity contribution in [2.45, 2.75) is 6.92 Å². The van der Waals surface area contributed by atoms with Gasteiger partial charge in [0.05, 0.1) is 5.56 Å². The molecule has 0 bridgehead atoms. The fourth-order valence-electron chi connectivity index (χ4n) is 1.76. The van der Waals surface area contributed by atoms with E-state index >= 15 is 0 Å². The lowest BCUT2D eigenvalue weighted by Gasteiger charge is -1.98. The Kier molecular flexibility index (Phi) is 3.01. The van der Waals surface area contributed by atoms with Crippen LogP contribution in [0, 0.1) is 6.92 Å². The van der Waals surface area contributed by atoms with Gasteiger partial charge in [-0.25, -0.2) is 0 Å². The molecular formula is C14H10ClN3O. The first-order chi connectivity index (χ1) is 9.24. The van der Waals surface area contributed by atoms with E-state index in [9.17, 15) is 0 Å². The number of aryl methyl sites for hydroxylation is 1. The highest BCUT2D eigenvalue weighted by atomic mass is 35.5. The summed E-state index contributed by atoms with van der Waals surface area (Å²) >= 11 is 5.94. The highest BCUT2D eigenvalue weighted by Crippen LogP contribution is 2.26. The van der Waals surface area contributed by atoms with Gasteiger partial charge in [-0.15, -0.1) is 10.2 Å². The third-order valence-corrected chi connectivity index (χ3v) is 3.00. The Hall–Kier alpha value is -2.20. The van der Waals surface area contributed by atoms with Crippen LogP contribution >= 0.6 is 11.6 Å². The van der Waals surface area contributed by atoms with E-state index in [1.165, 1.54) is 0 Å². The van der Waals surface area contributed by atoms with Gasteiger partial charge in [0.25, 0.3) is 0 Å². The molecule has 94 valence electrons. The highest BCUT2D eigenvalue weighted by Gasteiger charge is 2.12. The van der Waals surface area contributed by atoms with Gasteiger partial charge >= 0.3 is 0 Å². The van der Waals surface area contributed by atoms with Crippen molar-refractivity contribution in [3.63, 3.8) is 0 Å². The minimum atomic E-state index is 0.445. The van der Waals surface area contributed by atoms with Crippen LogP contribution in [0.3, 0.4) is 0 Å². The van der Waals surface area contributed by atoms with Crippen molar-refractivity contribution in [3.8, 4) is 22.9 Å². The summed E-state index contributed by atoms with van der Waals surface area (Å²) < 4.78 is 5.67. The van der Waals surface area contributed by atoms with Crippen molar-refractivity contribution >= 4 is 11.6 Å². The van der Waals surface area contributed by atoms with Crippen LogP contribution in [-0.4, -0.2) is 15.2 Å². The predicted octanol–water partition coefficient (Wildman–Crippen LogP) is 3.76. The van der Waals surface area contributed by atoms with E-state index in [1.807, 2.05) is 25.1 Å². The molecule has 0 saturated heterocycles. The van der Waals surface area contributed by atoms with Gasteiger partial charge < -0.3 is 4.42 Å². The van der Waals surface area contributed by atoms with E-state index in [-0.39, 0.29) is 0 Å². The number of pyridine rings is 1. The second-order valence-corrected chi connectivity index (χ2v) is 4.55. The Morgan fingerprint density at radius 2 is 1.95 bits per heavy atom. The highest BCUT2D eigenvalue weighted by molar-refractivity contribution is 6.30. The SMILES string of the molecule is Cc1ccncc1-c1nnc(-c2cccc(Cl)c2)o1. The van der Waals surface area contributed by atoms with Crippen molar-refractivity contribution in [1.82, 2.24) is 15.2 Å². The zero-order valence-corrected chi connectivity index (χ0v) is 10.9. The molecule has 0 aliphatic rings. The molecule has 0 N–H and O–H groups in total. The average molecular weight is 272 g/mol. The van der Waals surface area contributed by atoms with Crippen LogP contribution in [0.4, 0.5) is 0 Å². The lowest BCUT2D eigenvalue weighted by molar-refractivity contribution is 0.584. The monoisotopic (exact) mass is 271 g/mol. The van der Waals surface area contributed by atoms with Gasteiger partial charge in [0.15, 0.2) is 0 Å². The zero-order chi connectivity index (χ0) is 13.2. The maximum Gasteiger partial charge on any atom is 0.249 e. The molecule has 0 atom stereocenters. The number of hydrogen-bond acceptors (Lipinski definition) is 4. The molecule has 2 aromatic heterocycles. The third kappa shape index (κ3) is 2.35. The Bertz CT molecular complexity index is 724. The summed E-state index contributed by atoms with van der Waals surface area (Å²) in [6, 6.07) is 9.21. The maximum absolute atomic E-state index is 5.94. The van der Waals surface area contributed by atoms with Crippen molar-refractivity contribution in [2.75, 3.05) is 0 Å². The predicted molar refractivity (Wildman–Crippen MR) is 72.7 cm³/mol. The molecule has 3 rings (SSSR count). The molecule has 2 heterocycles. The van der Waals surface area contributed by atoms with E-state index < -0.39 is 0 Å². The van der Waals surface area contributed by atoms with E-state index in [4.69, 9.17) is 16.0 Å². The molecule has 5 heteroatoms. The van der Waals surface area contributed by atoms with E-state index in [0.29, 0.717) is 16.8 Å². The number of benzene rings is 1. The normalized spacial score (nSPS) is 10.6. The molecule has 0 aliphatic heterocycles. The van der Waals surface area contributed by atoms with Gasteiger partial charge in [-0.3, -0.25) is 4.98 Å². The molecule has 4 nitrogen and oxygen atoms in total. The fraction of sp³-hybridized carbons (Fsp3) is 0.0714. The van der Waals surface area contributed by atoms with Gasteiger partial charge in [-0.05, 0) is 36.8 Å². The minimum absolute atomic E-state index is 0.445. The first-order valence-corrected chi connectivity index (χ1v) is 6.12. The largest absolute Gasteiger partial charge is 0.416 e. The molecule has 0 spiro atoms. The Labute approximate surface area is 115 Å². The Morgan fingerprint density at radius 3 is 2.74 bits per heavy atom. The minimum Gasteiger partial charge on any atom is -0.416 e. The first-order valence-electron chi connectivity index (χ1n) is 5.74. The summed E-state index contributed by atoms with van der Waals surface area (Å²) in [4.78, 5) is 4.07. The van der Waals surface area contributed by atoms with Gasteiger partial charge in [-0.2, -0.15) is 0 Å². The summed E-state index contributed by atoms with van der Waals surface area (Å²) in [5, 5.41) is 8.73. The first kappa shape index (κ1) is 11.9. The maximum atomic E-state index is 5.94. The summed E-state index contributed by atoms with van der Waals surface area (Å²) in [6.07, 6.45) is 3.44. The molecule has 3 aromatic rings. The summed E-state index contributed by atoms with van der Waals surface area (Å²) in [5.41, 5.74) is 2.67. The molecule has 0 saturated carbocycles. The molecule has 1 aromatic carbocycles. The van der Waals surface area contributed by atoms with Crippen LogP contribution < -0.4 is 0 Å². The molecule has 0 fully saturated rings. The summed E-state index contributed by atoms with van der Waals surface area (Å²) in [7, 11) is 0. The molecule has 0 radical (unpaired) electrons. The lowest BCUT2D eigenvalue weighted by atomic mass is 10.2.